The Bertz CT molecular complexity index is 1210. The summed E-state index contributed by atoms with van der Waals surface area (Å²) in [5.41, 5.74) is 0.654. The first-order valence-corrected chi connectivity index (χ1v) is 9.04. The van der Waals surface area contributed by atoms with E-state index >= 15 is 0 Å². The minimum absolute atomic E-state index is 0.0116. The van der Waals surface area contributed by atoms with Gasteiger partial charge in [-0.3, -0.25) is 9.59 Å². The molecule has 4 rings (SSSR count). The Balaban J connectivity index is 1.52. The molecule has 8 heteroatoms. The summed E-state index contributed by atoms with van der Waals surface area (Å²) >= 11 is 6.20. The van der Waals surface area contributed by atoms with Gasteiger partial charge >= 0.3 is 5.97 Å². The van der Waals surface area contributed by atoms with E-state index in [0.717, 1.165) is 0 Å². The molecule has 0 N–H and O–H groups in total. The molecule has 3 aromatic rings. The van der Waals surface area contributed by atoms with Crippen molar-refractivity contribution < 1.29 is 24.0 Å². The molecule has 7 nitrogen and oxygen atoms in total. The maximum absolute atomic E-state index is 12.5. The molecule has 0 unspecified atom stereocenters. The van der Waals surface area contributed by atoms with Crippen LogP contribution in [0.25, 0.3) is 0 Å². The van der Waals surface area contributed by atoms with E-state index in [4.69, 9.17) is 26.4 Å². The van der Waals surface area contributed by atoms with Crippen LogP contribution in [0, 0.1) is 11.3 Å². The van der Waals surface area contributed by atoms with Crippen LogP contribution in [0.5, 0.6) is 11.5 Å². The van der Waals surface area contributed by atoms with Gasteiger partial charge in [0.1, 0.15) is 17.6 Å². The molecule has 2 amide bonds. The summed E-state index contributed by atoms with van der Waals surface area (Å²) in [5, 5.41) is 9.65. The number of ether oxygens (including phenoxy) is 1. The number of imide groups is 1. The highest BCUT2D eigenvalue weighted by molar-refractivity contribution is 6.32. The summed E-state index contributed by atoms with van der Waals surface area (Å²) < 4.78 is 5.65. The number of hydrogen-bond donors (Lipinski definition) is 0. The fourth-order valence-electron chi connectivity index (χ4n) is 2.86. The molecule has 146 valence electrons. The number of para-hydroxylation sites is 1. The zero-order valence-corrected chi connectivity index (χ0v) is 15.9. The van der Waals surface area contributed by atoms with Gasteiger partial charge in [0.2, 0.25) is 0 Å². The van der Waals surface area contributed by atoms with Crippen LogP contribution in [0.1, 0.15) is 36.6 Å². The second kappa shape index (κ2) is 7.70. The molecular weight excluding hydrogens is 408 g/mol. The van der Waals surface area contributed by atoms with Gasteiger partial charge in [-0.15, -0.1) is 0 Å². The van der Waals surface area contributed by atoms with Crippen LogP contribution < -0.4 is 4.74 Å². The summed E-state index contributed by atoms with van der Waals surface area (Å²) in [7, 11) is 0. The van der Waals surface area contributed by atoms with Crippen molar-refractivity contribution in [1.82, 2.24) is 5.06 Å². The van der Waals surface area contributed by atoms with Gasteiger partial charge in [-0.05, 0) is 42.5 Å². The van der Waals surface area contributed by atoms with E-state index in [2.05, 4.69) is 0 Å². The molecule has 0 radical (unpaired) electrons. The summed E-state index contributed by atoms with van der Waals surface area (Å²) in [5.74, 6) is -1.85. The van der Waals surface area contributed by atoms with E-state index in [0.29, 0.717) is 16.4 Å². The predicted molar refractivity (Wildman–Crippen MR) is 105 cm³/mol. The Morgan fingerprint density at radius 3 is 2.17 bits per heavy atom. The van der Waals surface area contributed by atoms with Crippen molar-refractivity contribution in [3.63, 3.8) is 0 Å². The van der Waals surface area contributed by atoms with E-state index in [1.807, 2.05) is 6.07 Å². The predicted octanol–water partition coefficient (Wildman–Crippen LogP) is 4.37. The molecule has 30 heavy (non-hydrogen) atoms. The molecule has 1 heterocycles. The Morgan fingerprint density at radius 1 is 0.900 bits per heavy atom. The average Bonchev–Trinajstić information content (AvgIpc) is 3.00. The highest BCUT2D eigenvalue weighted by Crippen LogP contribution is 2.32. The number of nitriles is 1. The van der Waals surface area contributed by atoms with E-state index in [1.54, 1.807) is 36.4 Å². The van der Waals surface area contributed by atoms with Crippen molar-refractivity contribution in [2.75, 3.05) is 0 Å². The van der Waals surface area contributed by atoms with Gasteiger partial charge in [-0.2, -0.15) is 5.26 Å². The van der Waals surface area contributed by atoms with Gasteiger partial charge in [-0.1, -0.05) is 40.9 Å². The third kappa shape index (κ3) is 3.36. The number of nitrogens with zero attached hydrogens (tertiary/aromatic N) is 2. The van der Waals surface area contributed by atoms with E-state index < -0.39 is 17.8 Å². The monoisotopic (exact) mass is 418 g/mol. The molecular formula is C22H11ClN2O5. The third-order valence-corrected chi connectivity index (χ3v) is 4.62. The molecule has 0 aliphatic carbocycles. The van der Waals surface area contributed by atoms with Crippen molar-refractivity contribution in [2.24, 2.45) is 0 Å². The lowest BCUT2D eigenvalue weighted by Crippen LogP contribution is -2.32. The second-order valence-electron chi connectivity index (χ2n) is 6.18. The van der Waals surface area contributed by atoms with Crippen molar-refractivity contribution >= 4 is 29.4 Å². The number of hydroxylamine groups is 2. The van der Waals surface area contributed by atoms with Crippen LogP contribution in [0.4, 0.5) is 0 Å². The minimum Gasteiger partial charge on any atom is -0.454 e. The standard InChI is InChI=1S/C22H11ClN2O5/c23-17-11-13(9-10-19(17)29-18-8-4-1-5-14(18)12-24)22(28)30-25-20(26)15-6-2-3-7-16(15)21(25)27/h1-11H. The van der Waals surface area contributed by atoms with Crippen molar-refractivity contribution in [1.29, 1.82) is 5.26 Å². The number of amides is 2. The van der Waals surface area contributed by atoms with Crippen molar-refractivity contribution in [3.8, 4) is 17.6 Å². The summed E-state index contributed by atoms with van der Waals surface area (Å²) in [6, 6.07) is 18.9. The quantitative estimate of drug-likeness (QED) is 0.583. The van der Waals surface area contributed by atoms with Crippen molar-refractivity contribution in [3.05, 3.63) is 94.0 Å². The smallest absolute Gasteiger partial charge is 0.364 e. The summed E-state index contributed by atoms with van der Waals surface area (Å²) in [6.45, 7) is 0. The van der Waals surface area contributed by atoms with Crippen LogP contribution in [-0.4, -0.2) is 22.8 Å². The first kappa shape index (κ1) is 19.2. The molecule has 0 spiro atoms. The topological polar surface area (TPSA) is 96.7 Å². The summed E-state index contributed by atoms with van der Waals surface area (Å²) in [4.78, 5) is 42.1. The number of halogens is 1. The third-order valence-electron chi connectivity index (χ3n) is 4.33. The zero-order chi connectivity index (χ0) is 21.3. The minimum atomic E-state index is -0.935. The summed E-state index contributed by atoms with van der Waals surface area (Å²) in [6.07, 6.45) is 0. The molecule has 0 atom stereocenters. The Labute approximate surface area is 175 Å². The Hall–Kier alpha value is -4.15. The van der Waals surface area contributed by atoms with Gasteiger partial charge in [0.05, 0.1) is 27.3 Å². The number of hydrogen-bond acceptors (Lipinski definition) is 6. The second-order valence-corrected chi connectivity index (χ2v) is 6.59. The number of benzene rings is 3. The van der Waals surface area contributed by atoms with E-state index in [1.165, 1.54) is 30.3 Å². The lowest BCUT2D eigenvalue weighted by molar-refractivity contribution is -0.0584. The van der Waals surface area contributed by atoms with Crippen LogP contribution in [-0.2, 0) is 4.84 Å². The lowest BCUT2D eigenvalue weighted by Gasteiger charge is -2.13. The molecule has 0 aromatic heterocycles. The number of fused-ring (bicyclic) bond motifs is 1. The molecule has 1 aliphatic heterocycles. The number of carbonyl (C=O) groups is 3. The van der Waals surface area contributed by atoms with Crippen LogP contribution in [0.3, 0.4) is 0 Å². The Morgan fingerprint density at radius 2 is 1.53 bits per heavy atom. The van der Waals surface area contributed by atoms with Gasteiger partial charge in [-0.25, -0.2) is 4.79 Å². The van der Waals surface area contributed by atoms with Gasteiger partial charge in [0.15, 0.2) is 0 Å². The van der Waals surface area contributed by atoms with Crippen LogP contribution in [0.2, 0.25) is 5.02 Å². The fraction of sp³-hybridized carbons (Fsp3) is 0. The first-order valence-electron chi connectivity index (χ1n) is 8.66. The van der Waals surface area contributed by atoms with E-state index in [9.17, 15) is 14.4 Å². The van der Waals surface area contributed by atoms with Gasteiger partial charge in [0.25, 0.3) is 11.8 Å². The SMILES string of the molecule is N#Cc1ccccc1Oc1ccc(C(=O)ON2C(=O)c3ccccc3C2=O)cc1Cl. The number of carbonyl (C=O) groups excluding carboxylic acids is 3. The van der Waals surface area contributed by atoms with Crippen LogP contribution >= 0.6 is 11.6 Å². The van der Waals surface area contributed by atoms with Gasteiger partial charge < -0.3 is 9.57 Å². The maximum atomic E-state index is 12.5. The number of rotatable bonds is 4. The zero-order valence-electron chi connectivity index (χ0n) is 15.2. The fourth-order valence-corrected chi connectivity index (χ4v) is 3.08. The first-order chi connectivity index (χ1) is 14.5. The highest BCUT2D eigenvalue weighted by atomic mass is 35.5. The molecule has 0 saturated carbocycles. The average molecular weight is 419 g/mol. The lowest BCUT2D eigenvalue weighted by atomic mass is 10.1. The largest absolute Gasteiger partial charge is 0.454 e. The van der Waals surface area contributed by atoms with Gasteiger partial charge in [0, 0.05) is 0 Å². The molecule has 0 saturated heterocycles. The molecule has 0 bridgehead atoms. The van der Waals surface area contributed by atoms with Crippen molar-refractivity contribution in [2.45, 2.75) is 0 Å². The Kier molecular flexibility index (Phi) is 4.92. The normalized spacial score (nSPS) is 12.3. The highest BCUT2D eigenvalue weighted by Gasteiger charge is 2.38. The molecule has 0 fully saturated rings. The van der Waals surface area contributed by atoms with Crippen LogP contribution in [0.15, 0.2) is 66.7 Å². The maximum Gasteiger partial charge on any atom is 0.364 e. The molecule has 3 aromatic carbocycles. The molecule has 1 aliphatic rings. The van der Waals surface area contributed by atoms with E-state index in [-0.39, 0.29) is 27.5 Å².